The molecule has 2 aromatic rings. The van der Waals surface area contributed by atoms with Gasteiger partial charge in [-0.25, -0.2) is 0 Å². The second-order valence-electron chi connectivity index (χ2n) is 4.32. The van der Waals surface area contributed by atoms with Gasteiger partial charge in [0.2, 0.25) is 0 Å². The van der Waals surface area contributed by atoms with Crippen molar-refractivity contribution in [1.29, 1.82) is 0 Å². The molecule has 4 nitrogen and oxygen atoms in total. The monoisotopic (exact) mass is 308 g/mol. The lowest BCUT2D eigenvalue weighted by molar-refractivity contribution is 0.587. The lowest BCUT2D eigenvalue weighted by atomic mass is 9.94. The molecular formula is C13H17BrN4. The van der Waals surface area contributed by atoms with Gasteiger partial charge in [0.25, 0.3) is 0 Å². The van der Waals surface area contributed by atoms with Gasteiger partial charge in [0.1, 0.15) is 0 Å². The molecule has 0 saturated heterocycles. The number of likely N-dealkylation sites (N-methyl/N-ethyl adjacent to an activating group) is 1. The molecule has 1 atom stereocenters. The maximum atomic E-state index is 4.03. The predicted octanol–water partition coefficient (Wildman–Crippen LogP) is 2.12. The summed E-state index contributed by atoms with van der Waals surface area (Å²) in [6.07, 6.45) is 0.912. The zero-order valence-electron chi connectivity index (χ0n) is 10.6. The Morgan fingerprint density at radius 2 is 2.06 bits per heavy atom. The minimum Gasteiger partial charge on any atom is -0.319 e. The van der Waals surface area contributed by atoms with Crippen molar-refractivity contribution in [2.24, 2.45) is 7.05 Å². The first kappa shape index (κ1) is 13.2. The molecule has 2 rings (SSSR count). The van der Waals surface area contributed by atoms with Gasteiger partial charge in [-0.05, 0) is 28.5 Å². The van der Waals surface area contributed by atoms with E-state index in [0.717, 1.165) is 23.3 Å². The van der Waals surface area contributed by atoms with E-state index in [0.29, 0.717) is 5.92 Å². The Balaban J connectivity index is 2.22. The molecule has 0 aliphatic carbocycles. The highest BCUT2D eigenvalue weighted by Gasteiger charge is 2.16. The van der Waals surface area contributed by atoms with Gasteiger partial charge < -0.3 is 5.32 Å². The van der Waals surface area contributed by atoms with Gasteiger partial charge in [-0.2, -0.15) is 0 Å². The number of hydrogen-bond donors (Lipinski definition) is 1. The molecule has 0 amide bonds. The molecule has 0 spiro atoms. The van der Waals surface area contributed by atoms with Crippen molar-refractivity contribution in [2.45, 2.75) is 12.3 Å². The highest BCUT2D eigenvalue weighted by molar-refractivity contribution is 9.10. The fourth-order valence-electron chi connectivity index (χ4n) is 2.08. The molecule has 1 N–H and O–H groups in total. The average Bonchev–Trinajstić information content (AvgIpc) is 2.71. The highest BCUT2D eigenvalue weighted by Crippen LogP contribution is 2.23. The lowest BCUT2D eigenvalue weighted by Crippen LogP contribution is -2.20. The molecule has 0 fully saturated rings. The van der Waals surface area contributed by atoms with Gasteiger partial charge in [0.15, 0.2) is 4.60 Å². The molecule has 0 aliphatic rings. The van der Waals surface area contributed by atoms with Crippen LogP contribution < -0.4 is 5.32 Å². The third-order valence-electron chi connectivity index (χ3n) is 3.06. The fourth-order valence-corrected chi connectivity index (χ4v) is 2.57. The predicted molar refractivity (Wildman–Crippen MR) is 75.5 cm³/mol. The molecule has 0 bridgehead atoms. The van der Waals surface area contributed by atoms with Gasteiger partial charge in [-0.3, -0.25) is 4.68 Å². The first-order chi connectivity index (χ1) is 8.72. The van der Waals surface area contributed by atoms with E-state index in [4.69, 9.17) is 0 Å². The molecule has 18 heavy (non-hydrogen) atoms. The maximum Gasteiger partial charge on any atom is 0.151 e. The summed E-state index contributed by atoms with van der Waals surface area (Å²) in [5.74, 6) is 0.421. The molecular weight excluding hydrogens is 292 g/mol. The quantitative estimate of drug-likeness (QED) is 0.920. The second kappa shape index (κ2) is 6.11. The van der Waals surface area contributed by atoms with E-state index < -0.39 is 0 Å². The Morgan fingerprint density at radius 1 is 1.33 bits per heavy atom. The van der Waals surface area contributed by atoms with Crippen LogP contribution >= 0.6 is 15.9 Å². The van der Waals surface area contributed by atoms with E-state index in [2.05, 4.69) is 55.8 Å². The van der Waals surface area contributed by atoms with E-state index in [1.165, 1.54) is 5.56 Å². The van der Waals surface area contributed by atoms with Crippen molar-refractivity contribution >= 4 is 15.9 Å². The largest absolute Gasteiger partial charge is 0.319 e. The molecule has 1 aromatic heterocycles. The van der Waals surface area contributed by atoms with E-state index in [1.54, 1.807) is 0 Å². The Labute approximate surface area is 116 Å². The number of aryl methyl sites for hydroxylation is 1. The molecule has 0 aliphatic heterocycles. The standard InChI is InChI=1S/C13H17BrN4/c1-15-9-11(10-6-4-3-5-7-10)8-12-13(14)16-17-18(12)2/h3-7,11,15H,8-9H2,1-2H3. The number of rotatable bonds is 5. The number of nitrogens with zero attached hydrogens (tertiary/aromatic N) is 3. The van der Waals surface area contributed by atoms with Gasteiger partial charge in [-0.1, -0.05) is 35.5 Å². The summed E-state index contributed by atoms with van der Waals surface area (Å²) in [5, 5.41) is 11.3. The zero-order valence-corrected chi connectivity index (χ0v) is 12.2. The van der Waals surface area contributed by atoms with E-state index in [9.17, 15) is 0 Å². The van der Waals surface area contributed by atoms with Crippen molar-refractivity contribution in [3.8, 4) is 0 Å². The summed E-state index contributed by atoms with van der Waals surface area (Å²) < 4.78 is 2.66. The Morgan fingerprint density at radius 3 is 2.61 bits per heavy atom. The molecule has 1 unspecified atom stereocenters. The fraction of sp³-hybridized carbons (Fsp3) is 0.385. The molecule has 0 saturated carbocycles. The second-order valence-corrected chi connectivity index (χ2v) is 5.07. The van der Waals surface area contributed by atoms with Crippen LogP contribution in [0.4, 0.5) is 0 Å². The van der Waals surface area contributed by atoms with E-state index in [1.807, 2.05) is 24.8 Å². The molecule has 96 valence electrons. The van der Waals surface area contributed by atoms with Crippen molar-refractivity contribution in [3.05, 3.63) is 46.2 Å². The first-order valence-electron chi connectivity index (χ1n) is 5.96. The van der Waals surface area contributed by atoms with Crippen LogP contribution in [0, 0.1) is 0 Å². The Hall–Kier alpha value is -1.20. The summed E-state index contributed by atoms with van der Waals surface area (Å²) in [6.45, 7) is 0.932. The van der Waals surface area contributed by atoms with Gasteiger partial charge in [-0.15, -0.1) is 5.10 Å². The lowest BCUT2D eigenvalue weighted by Gasteiger charge is -2.17. The minimum absolute atomic E-state index is 0.421. The average molecular weight is 309 g/mol. The molecule has 5 heteroatoms. The van der Waals surface area contributed by atoms with Crippen LogP contribution in [0.2, 0.25) is 0 Å². The maximum absolute atomic E-state index is 4.03. The topological polar surface area (TPSA) is 42.7 Å². The van der Waals surface area contributed by atoms with Crippen LogP contribution in [0.1, 0.15) is 17.2 Å². The number of aromatic nitrogens is 3. The van der Waals surface area contributed by atoms with Gasteiger partial charge in [0.05, 0.1) is 5.69 Å². The SMILES string of the molecule is CNCC(Cc1c(Br)nnn1C)c1ccccc1. The van der Waals surface area contributed by atoms with Gasteiger partial charge in [0, 0.05) is 25.9 Å². The Bertz CT molecular complexity index is 475. The molecule has 1 heterocycles. The number of halogens is 1. The van der Waals surface area contributed by atoms with Crippen LogP contribution in [-0.4, -0.2) is 28.6 Å². The van der Waals surface area contributed by atoms with Crippen LogP contribution in [0.5, 0.6) is 0 Å². The van der Waals surface area contributed by atoms with Crippen LogP contribution in [-0.2, 0) is 13.5 Å². The van der Waals surface area contributed by atoms with Crippen LogP contribution in [0.15, 0.2) is 34.9 Å². The summed E-state index contributed by atoms with van der Waals surface area (Å²) in [7, 11) is 3.90. The molecule has 0 radical (unpaired) electrons. The summed E-state index contributed by atoms with van der Waals surface area (Å²) in [5.41, 5.74) is 2.46. The van der Waals surface area contributed by atoms with Crippen LogP contribution in [0.3, 0.4) is 0 Å². The number of benzene rings is 1. The van der Waals surface area contributed by atoms with Crippen molar-refractivity contribution in [1.82, 2.24) is 20.3 Å². The minimum atomic E-state index is 0.421. The smallest absolute Gasteiger partial charge is 0.151 e. The Kier molecular flexibility index (Phi) is 4.49. The first-order valence-corrected chi connectivity index (χ1v) is 6.75. The van der Waals surface area contributed by atoms with E-state index in [-0.39, 0.29) is 0 Å². The number of nitrogens with one attached hydrogen (secondary N) is 1. The van der Waals surface area contributed by atoms with Gasteiger partial charge >= 0.3 is 0 Å². The van der Waals surface area contributed by atoms with Crippen molar-refractivity contribution in [2.75, 3.05) is 13.6 Å². The highest BCUT2D eigenvalue weighted by atomic mass is 79.9. The van der Waals surface area contributed by atoms with Crippen molar-refractivity contribution in [3.63, 3.8) is 0 Å². The summed E-state index contributed by atoms with van der Waals surface area (Å²) in [6, 6.07) is 10.5. The zero-order chi connectivity index (χ0) is 13.0. The van der Waals surface area contributed by atoms with Crippen molar-refractivity contribution < 1.29 is 0 Å². The third-order valence-corrected chi connectivity index (χ3v) is 3.67. The van der Waals surface area contributed by atoms with Crippen LogP contribution in [0.25, 0.3) is 0 Å². The van der Waals surface area contributed by atoms with E-state index >= 15 is 0 Å². The number of hydrogen-bond acceptors (Lipinski definition) is 3. The summed E-state index contributed by atoms with van der Waals surface area (Å²) in [4.78, 5) is 0. The summed E-state index contributed by atoms with van der Waals surface area (Å²) >= 11 is 3.45. The molecule has 1 aromatic carbocycles. The third kappa shape index (κ3) is 2.97. The normalized spacial score (nSPS) is 12.6.